The highest BCUT2D eigenvalue weighted by Crippen LogP contribution is 2.38. The second-order valence-corrected chi connectivity index (χ2v) is 4.83. The number of rotatable bonds is 0. The van der Waals surface area contributed by atoms with Crippen LogP contribution in [0.4, 0.5) is 0 Å². The van der Waals surface area contributed by atoms with E-state index in [1.807, 2.05) is 0 Å². The maximum absolute atomic E-state index is 5.65. The van der Waals surface area contributed by atoms with Gasteiger partial charge in [0.1, 0.15) is 0 Å². The molecule has 0 saturated heterocycles. The summed E-state index contributed by atoms with van der Waals surface area (Å²) >= 11 is 3.52. The van der Waals surface area contributed by atoms with Crippen LogP contribution in [0.5, 0.6) is 11.5 Å². The molecule has 2 nitrogen and oxygen atoms in total. The van der Waals surface area contributed by atoms with Gasteiger partial charge in [-0.3, -0.25) is 0 Å². The molecule has 78 valence electrons. The van der Waals surface area contributed by atoms with E-state index < -0.39 is 0 Å². The predicted octanol–water partition coefficient (Wildman–Crippen LogP) is 3.14. The molecular weight excluding hydrogens is 256 g/mol. The molecule has 1 aliphatic heterocycles. The van der Waals surface area contributed by atoms with E-state index in [-0.39, 0.29) is 0 Å². The molecule has 1 aromatic rings. The van der Waals surface area contributed by atoms with Crippen LogP contribution in [-0.4, -0.2) is 13.2 Å². The van der Waals surface area contributed by atoms with Crippen molar-refractivity contribution in [2.75, 3.05) is 13.2 Å². The monoisotopic (exact) mass is 266 g/mol. The van der Waals surface area contributed by atoms with Crippen molar-refractivity contribution < 1.29 is 9.47 Å². The molecule has 0 amide bonds. The molecule has 0 fully saturated rings. The van der Waals surface area contributed by atoms with Crippen molar-refractivity contribution in [3.05, 3.63) is 27.7 Å². The second-order valence-electron chi connectivity index (χ2n) is 3.82. The van der Waals surface area contributed by atoms with Gasteiger partial charge < -0.3 is 9.47 Å². The topological polar surface area (TPSA) is 18.5 Å². The molecule has 1 aromatic carbocycles. The fourth-order valence-corrected chi connectivity index (χ4v) is 2.50. The van der Waals surface area contributed by atoms with Crippen molar-refractivity contribution in [3.63, 3.8) is 0 Å². The van der Waals surface area contributed by atoms with E-state index in [4.69, 9.17) is 9.47 Å². The van der Waals surface area contributed by atoms with Crippen LogP contribution in [-0.2, 0) is 6.42 Å². The molecule has 3 rings (SSSR count). The van der Waals surface area contributed by atoms with Crippen molar-refractivity contribution in [2.45, 2.75) is 12.8 Å². The molecule has 15 heavy (non-hydrogen) atoms. The summed E-state index contributed by atoms with van der Waals surface area (Å²) in [5.41, 5.74) is 2.55. The quantitative estimate of drug-likeness (QED) is 0.719. The first kappa shape index (κ1) is 9.28. The number of hydrogen-bond acceptors (Lipinski definition) is 2. The Morgan fingerprint density at radius 1 is 1.07 bits per heavy atom. The van der Waals surface area contributed by atoms with E-state index in [9.17, 15) is 0 Å². The van der Waals surface area contributed by atoms with Crippen LogP contribution in [0.25, 0.3) is 6.08 Å². The lowest BCUT2D eigenvalue weighted by Gasteiger charge is -2.09. The number of ether oxygens (including phenoxy) is 2. The average molecular weight is 267 g/mol. The fraction of sp³-hybridized carbons (Fsp3) is 0.333. The van der Waals surface area contributed by atoms with Gasteiger partial charge in [-0.15, -0.1) is 0 Å². The van der Waals surface area contributed by atoms with Crippen LogP contribution >= 0.6 is 15.9 Å². The Morgan fingerprint density at radius 2 is 1.80 bits per heavy atom. The normalized spacial score (nSPS) is 18.1. The van der Waals surface area contributed by atoms with Gasteiger partial charge in [0.25, 0.3) is 0 Å². The van der Waals surface area contributed by atoms with E-state index in [1.54, 1.807) is 0 Å². The molecule has 0 aromatic heterocycles. The van der Waals surface area contributed by atoms with Gasteiger partial charge in [0.15, 0.2) is 11.5 Å². The zero-order valence-corrected chi connectivity index (χ0v) is 9.84. The SMILES string of the molecule is BrC1=Cc2cc3c(cc2C1)OCCCO3. The first-order valence-corrected chi connectivity index (χ1v) is 5.91. The number of benzene rings is 1. The van der Waals surface area contributed by atoms with Crippen LogP contribution in [0.3, 0.4) is 0 Å². The highest BCUT2D eigenvalue weighted by atomic mass is 79.9. The number of allylic oxidation sites excluding steroid dienone is 1. The Kier molecular flexibility index (Phi) is 2.20. The molecule has 0 saturated carbocycles. The smallest absolute Gasteiger partial charge is 0.161 e. The molecule has 0 bridgehead atoms. The molecule has 3 heteroatoms. The van der Waals surface area contributed by atoms with Crippen molar-refractivity contribution >= 4 is 22.0 Å². The lowest BCUT2D eigenvalue weighted by Crippen LogP contribution is -1.97. The lowest BCUT2D eigenvalue weighted by atomic mass is 10.1. The van der Waals surface area contributed by atoms with Crippen molar-refractivity contribution in [1.82, 2.24) is 0 Å². The summed E-state index contributed by atoms with van der Waals surface area (Å²) < 4.78 is 12.5. The Morgan fingerprint density at radius 3 is 2.60 bits per heavy atom. The van der Waals surface area contributed by atoms with Crippen molar-refractivity contribution in [3.8, 4) is 11.5 Å². The summed E-state index contributed by atoms with van der Waals surface area (Å²) in [6, 6.07) is 4.17. The molecule has 0 radical (unpaired) electrons. The number of halogens is 1. The minimum absolute atomic E-state index is 0.747. The summed E-state index contributed by atoms with van der Waals surface area (Å²) in [6.45, 7) is 1.50. The second kappa shape index (κ2) is 3.56. The van der Waals surface area contributed by atoms with Crippen LogP contribution < -0.4 is 9.47 Å². The van der Waals surface area contributed by atoms with E-state index in [0.717, 1.165) is 37.6 Å². The van der Waals surface area contributed by atoms with Gasteiger partial charge >= 0.3 is 0 Å². The van der Waals surface area contributed by atoms with Gasteiger partial charge in [0, 0.05) is 17.3 Å². The Balaban J connectivity index is 2.06. The number of fused-ring (bicyclic) bond motifs is 2. The molecule has 0 atom stereocenters. The molecular formula is C12H11BrO2. The largest absolute Gasteiger partial charge is 0.490 e. The molecule has 2 aliphatic rings. The average Bonchev–Trinajstić information content (AvgIpc) is 2.44. The fourth-order valence-electron chi connectivity index (χ4n) is 1.96. The summed E-state index contributed by atoms with van der Waals surface area (Å²) in [5, 5.41) is 0. The molecule has 0 spiro atoms. The van der Waals surface area contributed by atoms with E-state index in [1.165, 1.54) is 15.6 Å². The third-order valence-electron chi connectivity index (χ3n) is 2.68. The zero-order chi connectivity index (χ0) is 10.3. The molecule has 1 aliphatic carbocycles. The van der Waals surface area contributed by atoms with E-state index in [2.05, 4.69) is 34.1 Å². The first-order valence-electron chi connectivity index (χ1n) is 5.11. The predicted molar refractivity (Wildman–Crippen MR) is 62.7 cm³/mol. The van der Waals surface area contributed by atoms with Gasteiger partial charge in [0.05, 0.1) is 13.2 Å². The van der Waals surface area contributed by atoms with Gasteiger partial charge in [-0.05, 0) is 29.3 Å². The van der Waals surface area contributed by atoms with E-state index >= 15 is 0 Å². The van der Waals surface area contributed by atoms with Crippen molar-refractivity contribution in [1.29, 1.82) is 0 Å². The Bertz CT molecular complexity index is 437. The standard InChI is InChI=1S/C12H11BrO2/c13-10-4-8-6-11-12(7-9(8)5-10)15-3-1-2-14-11/h4,6-7H,1-3,5H2. The number of hydrogen-bond donors (Lipinski definition) is 0. The lowest BCUT2D eigenvalue weighted by molar-refractivity contribution is 0.297. The van der Waals surface area contributed by atoms with Gasteiger partial charge in [-0.25, -0.2) is 0 Å². The Labute approximate surface area is 97.0 Å². The van der Waals surface area contributed by atoms with Gasteiger partial charge in [-0.1, -0.05) is 15.9 Å². The van der Waals surface area contributed by atoms with Crippen LogP contribution in [0.15, 0.2) is 16.6 Å². The summed E-state index contributed by atoms with van der Waals surface area (Å²) in [7, 11) is 0. The van der Waals surface area contributed by atoms with Crippen LogP contribution in [0.2, 0.25) is 0 Å². The maximum Gasteiger partial charge on any atom is 0.161 e. The minimum Gasteiger partial charge on any atom is -0.490 e. The third-order valence-corrected chi connectivity index (χ3v) is 3.19. The Hall–Kier alpha value is -0.960. The summed E-state index contributed by atoms with van der Waals surface area (Å²) in [6.07, 6.45) is 4.06. The molecule has 0 N–H and O–H groups in total. The minimum atomic E-state index is 0.747. The maximum atomic E-state index is 5.65. The first-order chi connectivity index (χ1) is 7.33. The summed E-state index contributed by atoms with van der Waals surface area (Å²) in [4.78, 5) is 0. The molecule has 1 heterocycles. The van der Waals surface area contributed by atoms with Crippen LogP contribution in [0.1, 0.15) is 17.5 Å². The zero-order valence-electron chi connectivity index (χ0n) is 8.25. The highest BCUT2D eigenvalue weighted by Gasteiger charge is 2.17. The third kappa shape index (κ3) is 1.65. The van der Waals surface area contributed by atoms with E-state index in [0.29, 0.717) is 0 Å². The van der Waals surface area contributed by atoms with Crippen LogP contribution in [0, 0.1) is 0 Å². The van der Waals surface area contributed by atoms with Gasteiger partial charge in [-0.2, -0.15) is 0 Å². The highest BCUT2D eigenvalue weighted by molar-refractivity contribution is 9.11. The van der Waals surface area contributed by atoms with Crippen molar-refractivity contribution in [2.24, 2.45) is 0 Å². The summed E-state index contributed by atoms with van der Waals surface area (Å²) in [5.74, 6) is 1.77. The van der Waals surface area contributed by atoms with Gasteiger partial charge in [0.2, 0.25) is 0 Å². The molecule has 0 unspecified atom stereocenters.